The first-order valence-corrected chi connectivity index (χ1v) is 8.93. The SMILES string of the molecule is COc1cc(OC)c(C(=O)OC2(c3ccccc3)CCNCC2)c(OC)c1. The number of methoxy groups -OCH3 is 3. The van der Waals surface area contributed by atoms with Crippen LogP contribution in [-0.2, 0) is 10.3 Å². The molecule has 0 unspecified atom stereocenters. The predicted octanol–water partition coefficient (Wildman–Crippen LogP) is 3.15. The summed E-state index contributed by atoms with van der Waals surface area (Å²) in [6, 6.07) is 13.2. The Morgan fingerprint density at radius 3 is 2.04 bits per heavy atom. The zero-order chi connectivity index (χ0) is 19.3. The van der Waals surface area contributed by atoms with Gasteiger partial charge in [-0.15, -0.1) is 0 Å². The number of hydrogen-bond acceptors (Lipinski definition) is 6. The fourth-order valence-corrected chi connectivity index (χ4v) is 3.46. The van der Waals surface area contributed by atoms with E-state index in [0.717, 1.165) is 18.7 Å². The summed E-state index contributed by atoms with van der Waals surface area (Å²) in [5.74, 6) is 0.777. The molecule has 6 nitrogen and oxygen atoms in total. The molecule has 0 amide bonds. The van der Waals surface area contributed by atoms with E-state index >= 15 is 0 Å². The van der Waals surface area contributed by atoms with Crippen LogP contribution in [0.15, 0.2) is 42.5 Å². The normalized spacial score (nSPS) is 15.7. The van der Waals surface area contributed by atoms with Gasteiger partial charge in [-0.05, 0) is 18.7 Å². The number of ether oxygens (including phenoxy) is 4. The van der Waals surface area contributed by atoms with E-state index in [1.807, 2.05) is 30.3 Å². The summed E-state index contributed by atoms with van der Waals surface area (Å²) >= 11 is 0. The zero-order valence-electron chi connectivity index (χ0n) is 15.9. The molecule has 27 heavy (non-hydrogen) atoms. The Bertz CT molecular complexity index is 759. The molecule has 0 saturated carbocycles. The van der Waals surface area contributed by atoms with Gasteiger partial charge in [0.25, 0.3) is 0 Å². The van der Waals surface area contributed by atoms with Gasteiger partial charge < -0.3 is 24.3 Å². The van der Waals surface area contributed by atoms with Crippen LogP contribution in [0.5, 0.6) is 17.2 Å². The highest BCUT2D eigenvalue weighted by atomic mass is 16.6. The van der Waals surface area contributed by atoms with Crippen molar-refractivity contribution in [3.8, 4) is 17.2 Å². The molecule has 6 heteroatoms. The third kappa shape index (κ3) is 3.85. The van der Waals surface area contributed by atoms with Crippen molar-refractivity contribution in [2.45, 2.75) is 18.4 Å². The summed E-state index contributed by atoms with van der Waals surface area (Å²) in [5, 5.41) is 3.33. The maximum Gasteiger partial charge on any atom is 0.346 e. The van der Waals surface area contributed by atoms with Gasteiger partial charge in [-0.1, -0.05) is 30.3 Å². The number of benzene rings is 2. The van der Waals surface area contributed by atoms with Crippen LogP contribution in [0.3, 0.4) is 0 Å². The highest BCUT2D eigenvalue weighted by Gasteiger charge is 2.39. The van der Waals surface area contributed by atoms with Crippen molar-refractivity contribution in [3.05, 3.63) is 53.6 Å². The molecule has 0 atom stereocenters. The molecule has 1 aliphatic rings. The standard InChI is InChI=1S/C21H25NO5/c1-24-16-13-17(25-2)19(18(14-16)26-3)20(23)27-21(9-11-22-12-10-21)15-7-5-4-6-8-15/h4-8,13-14,22H,9-12H2,1-3H3. The highest BCUT2D eigenvalue weighted by molar-refractivity contribution is 5.96. The molecule has 2 aromatic rings. The van der Waals surface area contributed by atoms with Crippen molar-refractivity contribution < 1.29 is 23.7 Å². The third-order valence-corrected chi connectivity index (χ3v) is 4.92. The van der Waals surface area contributed by atoms with E-state index in [4.69, 9.17) is 18.9 Å². The van der Waals surface area contributed by atoms with Crippen LogP contribution in [0.2, 0.25) is 0 Å². The molecule has 1 fully saturated rings. The second kappa shape index (κ2) is 8.31. The molecule has 1 N–H and O–H groups in total. The van der Waals surface area contributed by atoms with Crippen LogP contribution in [0.25, 0.3) is 0 Å². The Morgan fingerprint density at radius 2 is 1.52 bits per heavy atom. The molecule has 0 radical (unpaired) electrons. The van der Waals surface area contributed by atoms with Gasteiger partial charge in [-0.25, -0.2) is 4.79 Å². The van der Waals surface area contributed by atoms with E-state index in [9.17, 15) is 4.79 Å². The number of piperidine rings is 1. The van der Waals surface area contributed by atoms with Crippen LogP contribution in [-0.4, -0.2) is 40.4 Å². The minimum Gasteiger partial charge on any atom is -0.496 e. The molecule has 3 rings (SSSR count). The van der Waals surface area contributed by atoms with Gasteiger partial charge in [-0.3, -0.25) is 0 Å². The van der Waals surface area contributed by atoms with Crippen LogP contribution < -0.4 is 19.5 Å². The maximum absolute atomic E-state index is 13.2. The van der Waals surface area contributed by atoms with Gasteiger partial charge in [-0.2, -0.15) is 0 Å². The topological polar surface area (TPSA) is 66.0 Å². The molecule has 0 bridgehead atoms. The lowest BCUT2D eigenvalue weighted by atomic mass is 9.84. The van der Waals surface area contributed by atoms with Gasteiger partial charge in [0.05, 0.1) is 21.3 Å². The molecule has 0 spiro atoms. The fourth-order valence-electron chi connectivity index (χ4n) is 3.46. The Hall–Kier alpha value is -2.73. The average molecular weight is 371 g/mol. The molecular weight excluding hydrogens is 346 g/mol. The van der Waals surface area contributed by atoms with Gasteiger partial charge in [0.1, 0.15) is 28.4 Å². The van der Waals surface area contributed by atoms with Gasteiger partial charge in [0.2, 0.25) is 0 Å². The smallest absolute Gasteiger partial charge is 0.346 e. The molecular formula is C21H25NO5. The van der Waals surface area contributed by atoms with Crippen molar-refractivity contribution in [1.29, 1.82) is 0 Å². The Labute approximate surface area is 159 Å². The predicted molar refractivity (Wildman–Crippen MR) is 102 cm³/mol. The Morgan fingerprint density at radius 1 is 0.926 bits per heavy atom. The van der Waals surface area contributed by atoms with E-state index in [1.54, 1.807) is 19.2 Å². The largest absolute Gasteiger partial charge is 0.496 e. The summed E-state index contributed by atoms with van der Waals surface area (Å²) in [4.78, 5) is 13.2. The quantitative estimate of drug-likeness (QED) is 0.787. The highest BCUT2D eigenvalue weighted by Crippen LogP contribution is 2.39. The van der Waals surface area contributed by atoms with Crippen LogP contribution in [0, 0.1) is 0 Å². The number of carbonyl (C=O) groups excluding carboxylic acids is 1. The van der Waals surface area contributed by atoms with Gasteiger partial charge in [0, 0.05) is 25.0 Å². The van der Waals surface area contributed by atoms with E-state index in [0.29, 0.717) is 30.1 Å². The summed E-state index contributed by atoms with van der Waals surface area (Å²) < 4.78 is 22.2. The molecule has 0 aliphatic carbocycles. The monoisotopic (exact) mass is 371 g/mol. The molecule has 1 aliphatic heterocycles. The second-order valence-corrected chi connectivity index (χ2v) is 6.41. The number of hydrogen-bond donors (Lipinski definition) is 1. The van der Waals surface area contributed by atoms with Crippen LogP contribution in [0.1, 0.15) is 28.8 Å². The minimum atomic E-state index is -0.681. The number of carbonyl (C=O) groups is 1. The first-order chi connectivity index (χ1) is 13.1. The number of esters is 1. The van der Waals surface area contributed by atoms with Crippen LogP contribution in [0.4, 0.5) is 0 Å². The molecule has 2 aromatic carbocycles. The first-order valence-electron chi connectivity index (χ1n) is 8.93. The lowest BCUT2D eigenvalue weighted by molar-refractivity contribution is -0.0382. The van der Waals surface area contributed by atoms with E-state index in [-0.39, 0.29) is 5.56 Å². The van der Waals surface area contributed by atoms with Gasteiger partial charge in [0.15, 0.2) is 0 Å². The summed E-state index contributed by atoms with van der Waals surface area (Å²) in [6.45, 7) is 1.55. The fraction of sp³-hybridized carbons (Fsp3) is 0.381. The van der Waals surface area contributed by atoms with Crippen molar-refractivity contribution in [2.24, 2.45) is 0 Å². The summed E-state index contributed by atoms with van der Waals surface area (Å²) in [5.41, 5.74) is 0.570. The van der Waals surface area contributed by atoms with E-state index < -0.39 is 11.6 Å². The van der Waals surface area contributed by atoms with E-state index in [2.05, 4.69) is 5.32 Å². The lowest BCUT2D eigenvalue weighted by Gasteiger charge is -2.37. The third-order valence-electron chi connectivity index (χ3n) is 4.92. The Kier molecular flexibility index (Phi) is 5.86. The average Bonchev–Trinajstić information content (AvgIpc) is 2.73. The van der Waals surface area contributed by atoms with Crippen molar-refractivity contribution >= 4 is 5.97 Å². The molecule has 0 aromatic heterocycles. The van der Waals surface area contributed by atoms with Crippen LogP contribution >= 0.6 is 0 Å². The van der Waals surface area contributed by atoms with E-state index in [1.165, 1.54) is 14.2 Å². The molecule has 1 heterocycles. The second-order valence-electron chi connectivity index (χ2n) is 6.41. The summed E-state index contributed by atoms with van der Waals surface area (Å²) in [6.07, 6.45) is 1.40. The maximum atomic E-state index is 13.2. The number of nitrogens with one attached hydrogen (secondary N) is 1. The van der Waals surface area contributed by atoms with Crippen molar-refractivity contribution in [3.63, 3.8) is 0 Å². The van der Waals surface area contributed by atoms with Crippen molar-refractivity contribution in [2.75, 3.05) is 34.4 Å². The molecule has 1 saturated heterocycles. The zero-order valence-corrected chi connectivity index (χ0v) is 15.9. The molecule has 144 valence electrons. The van der Waals surface area contributed by atoms with Gasteiger partial charge >= 0.3 is 5.97 Å². The lowest BCUT2D eigenvalue weighted by Crippen LogP contribution is -2.43. The number of rotatable bonds is 6. The first kappa shape index (κ1) is 19.0. The Balaban J connectivity index is 2.00. The van der Waals surface area contributed by atoms with Crippen molar-refractivity contribution in [1.82, 2.24) is 5.32 Å². The summed E-state index contributed by atoms with van der Waals surface area (Å²) in [7, 11) is 4.55. The minimum absolute atomic E-state index is 0.259.